The van der Waals surface area contributed by atoms with Gasteiger partial charge >= 0.3 is 20.4 Å². The molecule has 5 heteroatoms. The van der Waals surface area contributed by atoms with Crippen molar-refractivity contribution >= 4 is 0 Å². The van der Waals surface area contributed by atoms with E-state index in [4.69, 9.17) is 22.9 Å². The summed E-state index contributed by atoms with van der Waals surface area (Å²) in [5.41, 5.74) is 19.2. The van der Waals surface area contributed by atoms with Crippen molar-refractivity contribution in [2.45, 2.75) is 0 Å². The van der Waals surface area contributed by atoms with Crippen molar-refractivity contribution in [1.82, 2.24) is 0 Å². The summed E-state index contributed by atoms with van der Waals surface area (Å²) in [5, 5.41) is 0. The summed E-state index contributed by atoms with van der Waals surface area (Å²) in [7, 11) is 0. The van der Waals surface area contributed by atoms with E-state index in [1.807, 2.05) is 0 Å². The number of rotatable bonds is 2. The monoisotopic (exact) mass is 224 g/mol. The molecule has 4 nitrogen and oxygen atoms in total. The second kappa shape index (κ2) is 23.6. The van der Waals surface area contributed by atoms with Crippen LogP contribution in [0.2, 0.25) is 0 Å². The predicted molar refractivity (Wildman–Crippen MR) is 35.1 cm³/mol. The Hall–Kier alpha value is 0.502. The van der Waals surface area contributed by atoms with Gasteiger partial charge in [0.15, 0.2) is 0 Å². The molecule has 0 aromatic rings. The fourth-order valence-electron chi connectivity index (χ4n) is 0. The molecule has 0 fully saturated rings. The van der Waals surface area contributed by atoms with Crippen LogP contribution in [-0.2, 0) is 20.4 Å². The molecular weight excluding hydrogens is 210 g/mol. The molecule has 9 heavy (non-hydrogen) atoms. The van der Waals surface area contributed by atoms with E-state index in [1.165, 1.54) is 13.1 Å². The molecule has 0 aromatic heterocycles. The van der Waals surface area contributed by atoms with Crippen LogP contribution >= 0.6 is 0 Å². The summed E-state index contributed by atoms with van der Waals surface area (Å²) in [6, 6.07) is 0. The molecule has 0 bridgehead atoms. The molecular formula is C4H14N4Pd. The molecule has 0 atom stereocenters. The van der Waals surface area contributed by atoms with Crippen LogP contribution in [0.1, 0.15) is 0 Å². The van der Waals surface area contributed by atoms with E-state index < -0.39 is 0 Å². The second-order valence-electron chi connectivity index (χ2n) is 0.943. The molecule has 0 aliphatic carbocycles. The first kappa shape index (κ1) is 16.2. The maximum Gasteiger partial charge on any atom is 2.00 e. The first-order valence-electron chi connectivity index (χ1n) is 2.30. The fourth-order valence-corrected chi connectivity index (χ4v) is 0. The van der Waals surface area contributed by atoms with Crippen LogP contribution in [-0.4, -0.2) is 13.1 Å². The summed E-state index contributed by atoms with van der Waals surface area (Å²) in [4.78, 5) is 0. The Labute approximate surface area is 70.0 Å². The normalized spacial score (nSPS) is 6.67. The summed E-state index contributed by atoms with van der Waals surface area (Å²) in [5.74, 6) is 0. The predicted octanol–water partition coefficient (Wildman–Crippen LogP) is -1.87. The van der Waals surface area contributed by atoms with Crippen molar-refractivity contribution in [3.8, 4) is 0 Å². The van der Waals surface area contributed by atoms with E-state index >= 15 is 0 Å². The van der Waals surface area contributed by atoms with Crippen molar-refractivity contribution in [1.29, 1.82) is 0 Å². The zero-order valence-electron chi connectivity index (χ0n) is 5.19. The molecule has 0 aliphatic rings. The van der Waals surface area contributed by atoms with Crippen molar-refractivity contribution < 1.29 is 20.4 Å². The van der Waals surface area contributed by atoms with Gasteiger partial charge in [-0.15, -0.1) is 13.1 Å². The zero-order valence-corrected chi connectivity index (χ0v) is 6.75. The molecule has 8 N–H and O–H groups in total. The first-order chi connectivity index (χ1) is 3.83. The van der Waals surface area contributed by atoms with Crippen LogP contribution in [0.3, 0.4) is 0 Å². The summed E-state index contributed by atoms with van der Waals surface area (Å²) in [6.07, 6.45) is 0. The van der Waals surface area contributed by atoms with Crippen LogP contribution in [0.4, 0.5) is 0 Å². The molecule has 0 amide bonds. The van der Waals surface area contributed by atoms with Gasteiger partial charge in [0.2, 0.25) is 0 Å². The first-order valence-corrected chi connectivity index (χ1v) is 2.30. The second-order valence-corrected chi connectivity index (χ2v) is 0.943. The van der Waals surface area contributed by atoms with Crippen LogP contribution < -0.4 is 22.9 Å². The van der Waals surface area contributed by atoms with Crippen molar-refractivity contribution in [2.24, 2.45) is 22.9 Å². The van der Waals surface area contributed by atoms with E-state index in [0.29, 0.717) is 13.1 Å². The van der Waals surface area contributed by atoms with E-state index in [2.05, 4.69) is 0 Å². The van der Waals surface area contributed by atoms with Gasteiger partial charge in [-0.2, -0.15) is 0 Å². The molecule has 0 saturated heterocycles. The molecule has 0 aliphatic heterocycles. The van der Waals surface area contributed by atoms with Gasteiger partial charge < -0.3 is 22.9 Å². The molecule has 0 unspecified atom stereocenters. The standard InChI is InChI=1S/2C2H7N2.Pd/c2*3-1-2-4;/h2*1H,2-4H2;/q2*-1;+2. The Morgan fingerprint density at radius 1 is 0.889 bits per heavy atom. The Kier molecular flexibility index (Phi) is 42.6. The van der Waals surface area contributed by atoms with Gasteiger partial charge in [0, 0.05) is 0 Å². The molecule has 0 heterocycles. The Balaban J connectivity index is -0.0000000720. The Morgan fingerprint density at radius 2 is 1.00 bits per heavy atom. The largest absolute Gasteiger partial charge is 2.00 e. The number of hydrogen-bond acceptors (Lipinski definition) is 4. The van der Waals surface area contributed by atoms with E-state index in [9.17, 15) is 0 Å². The molecule has 0 radical (unpaired) electrons. The molecule has 0 aromatic carbocycles. The van der Waals surface area contributed by atoms with Gasteiger partial charge in [-0.25, -0.2) is 0 Å². The Bertz CT molecular complexity index is 20.5. The minimum Gasteiger partial charge on any atom is -0.482 e. The van der Waals surface area contributed by atoms with Crippen LogP contribution in [0.25, 0.3) is 0 Å². The fraction of sp³-hybridized carbons (Fsp3) is 0.500. The molecule has 0 spiro atoms. The summed E-state index contributed by atoms with van der Waals surface area (Å²) >= 11 is 0. The van der Waals surface area contributed by atoms with Crippen molar-refractivity contribution in [3.05, 3.63) is 13.1 Å². The van der Waals surface area contributed by atoms with Crippen LogP contribution in [0, 0.1) is 13.1 Å². The van der Waals surface area contributed by atoms with Crippen LogP contribution in [0.5, 0.6) is 0 Å². The molecule has 0 rings (SSSR count). The van der Waals surface area contributed by atoms with Crippen molar-refractivity contribution in [2.75, 3.05) is 13.1 Å². The van der Waals surface area contributed by atoms with Gasteiger partial charge in [0.25, 0.3) is 0 Å². The maximum atomic E-state index is 4.85. The number of hydrogen-bond donors (Lipinski definition) is 4. The van der Waals surface area contributed by atoms with E-state index in [1.54, 1.807) is 0 Å². The van der Waals surface area contributed by atoms with E-state index in [0.717, 1.165) is 0 Å². The SMILES string of the molecule is N[CH-]CN.N[CH-]CN.[Pd+2]. The summed E-state index contributed by atoms with van der Waals surface area (Å²) in [6.45, 7) is 3.75. The van der Waals surface area contributed by atoms with Gasteiger partial charge in [0.05, 0.1) is 0 Å². The van der Waals surface area contributed by atoms with Gasteiger partial charge in [0.1, 0.15) is 0 Å². The van der Waals surface area contributed by atoms with Gasteiger partial charge in [-0.05, 0) is 0 Å². The Morgan fingerprint density at radius 3 is 1.00 bits per heavy atom. The third kappa shape index (κ3) is 57.4. The van der Waals surface area contributed by atoms with Gasteiger partial charge in [-0.1, -0.05) is 0 Å². The smallest absolute Gasteiger partial charge is 0.482 e. The maximum absolute atomic E-state index is 4.85. The third-order valence-corrected chi connectivity index (χ3v) is 0.272. The minimum atomic E-state index is 0. The zero-order chi connectivity index (χ0) is 6.83. The topological polar surface area (TPSA) is 104 Å². The summed E-state index contributed by atoms with van der Waals surface area (Å²) < 4.78 is 0. The van der Waals surface area contributed by atoms with Gasteiger partial charge in [-0.3, -0.25) is 13.1 Å². The third-order valence-electron chi connectivity index (χ3n) is 0.272. The molecule has 60 valence electrons. The minimum absolute atomic E-state index is 0. The average molecular weight is 225 g/mol. The number of nitrogens with two attached hydrogens (primary N) is 4. The van der Waals surface area contributed by atoms with Crippen LogP contribution in [0.15, 0.2) is 0 Å². The average Bonchev–Trinajstić information content (AvgIpc) is 1.88. The molecule has 0 saturated carbocycles. The van der Waals surface area contributed by atoms with Crippen molar-refractivity contribution in [3.63, 3.8) is 0 Å². The van der Waals surface area contributed by atoms with E-state index in [-0.39, 0.29) is 20.4 Å². The quantitative estimate of drug-likeness (QED) is 0.326.